The standard InChI is InChI=1S/C20H27N5O2S/c1-11-22-19-15(13-7-6-12(20(2,3)4)10-14(13)28-19)17-23-16(24-25(11)17)18(26)21-8-9-27-5/h12H,6-10H2,1-5H3,(H,21,26)/t12-/m1/s1. The number of hydrogen-bond donors (Lipinski definition) is 1. The Morgan fingerprint density at radius 3 is 2.86 bits per heavy atom. The maximum atomic E-state index is 12.4. The van der Waals surface area contributed by atoms with E-state index in [4.69, 9.17) is 9.72 Å². The minimum absolute atomic E-state index is 0.178. The Labute approximate surface area is 168 Å². The second kappa shape index (κ2) is 7.08. The summed E-state index contributed by atoms with van der Waals surface area (Å²) < 4.78 is 6.68. The number of rotatable bonds is 4. The zero-order valence-electron chi connectivity index (χ0n) is 17.1. The van der Waals surface area contributed by atoms with Crippen molar-refractivity contribution in [3.05, 3.63) is 22.1 Å². The number of fused-ring (bicyclic) bond motifs is 5. The van der Waals surface area contributed by atoms with Gasteiger partial charge in [0.15, 0.2) is 5.65 Å². The van der Waals surface area contributed by atoms with E-state index in [2.05, 4.69) is 36.2 Å². The van der Waals surface area contributed by atoms with Crippen molar-refractivity contribution >= 4 is 33.1 Å². The van der Waals surface area contributed by atoms with E-state index in [1.807, 2.05) is 6.92 Å². The number of amides is 1. The predicted octanol–water partition coefficient (Wildman–Crippen LogP) is 3.17. The molecule has 1 atom stereocenters. The van der Waals surface area contributed by atoms with Crippen molar-refractivity contribution in [3.63, 3.8) is 0 Å². The van der Waals surface area contributed by atoms with Gasteiger partial charge in [-0.3, -0.25) is 4.79 Å². The lowest BCUT2D eigenvalue weighted by Crippen LogP contribution is -2.27. The molecule has 4 rings (SSSR count). The SMILES string of the molecule is COCCNC(=O)c1nc2c3c4c(sc3nc(C)n2n1)C[C@H](C(C)(C)C)CC4. The summed E-state index contributed by atoms with van der Waals surface area (Å²) in [5.41, 5.74) is 2.39. The van der Waals surface area contributed by atoms with E-state index in [0.29, 0.717) is 24.5 Å². The molecule has 1 N–H and O–H groups in total. The lowest BCUT2D eigenvalue weighted by Gasteiger charge is -2.33. The zero-order chi connectivity index (χ0) is 20.1. The molecule has 0 radical (unpaired) electrons. The maximum absolute atomic E-state index is 12.4. The minimum Gasteiger partial charge on any atom is -0.383 e. The van der Waals surface area contributed by atoms with E-state index in [-0.39, 0.29) is 11.7 Å². The van der Waals surface area contributed by atoms with E-state index in [9.17, 15) is 4.79 Å². The number of ether oxygens (including phenoxy) is 1. The number of aryl methyl sites for hydroxylation is 2. The second-order valence-electron chi connectivity index (χ2n) is 8.57. The molecule has 3 aromatic rings. The highest BCUT2D eigenvalue weighted by molar-refractivity contribution is 7.19. The number of thiophene rings is 1. The highest BCUT2D eigenvalue weighted by atomic mass is 32.1. The Bertz CT molecular complexity index is 1050. The van der Waals surface area contributed by atoms with Crippen LogP contribution >= 0.6 is 11.3 Å². The molecule has 0 aliphatic heterocycles. The van der Waals surface area contributed by atoms with Crippen molar-refractivity contribution in [2.24, 2.45) is 11.3 Å². The van der Waals surface area contributed by atoms with Gasteiger partial charge in [-0.05, 0) is 43.1 Å². The monoisotopic (exact) mass is 401 g/mol. The topological polar surface area (TPSA) is 81.4 Å². The van der Waals surface area contributed by atoms with Crippen LogP contribution in [0.5, 0.6) is 0 Å². The van der Waals surface area contributed by atoms with Crippen LogP contribution in [0.3, 0.4) is 0 Å². The van der Waals surface area contributed by atoms with Gasteiger partial charge >= 0.3 is 0 Å². The summed E-state index contributed by atoms with van der Waals surface area (Å²) in [6.45, 7) is 9.76. The number of nitrogens with one attached hydrogen (secondary N) is 1. The molecule has 150 valence electrons. The first kappa shape index (κ1) is 19.3. The summed E-state index contributed by atoms with van der Waals surface area (Å²) in [7, 11) is 1.60. The molecule has 1 aliphatic rings. The van der Waals surface area contributed by atoms with E-state index in [0.717, 1.165) is 34.5 Å². The minimum atomic E-state index is -0.287. The fraction of sp³-hybridized carbons (Fsp3) is 0.600. The van der Waals surface area contributed by atoms with Gasteiger partial charge in [0.2, 0.25) is 5.82 Å². The van der Waals surface area contributed by atoms with Crippen molar-refractivity contribution < 1.29 is 9.53 Å². The van der Waals surface area contributed by atoms with Crippen LogP contribution in [0.15, 0.2) is 0 Å². The molecule has 3 heterocycles. The quantitative estimate of drug-likeness (QED) is 0.679. The predicted molar refractivity (Wildman–Crippen MR) is 110 cm³/mol. The number of methoxy groups -OCH3 is 1. The molecule has 28 heavy (non-hydrogen) atoms. The summed E-state index contributed by atoms with van der Waals surface area (Å²) in [5, 5.41) is 8.28. The molecular weight excluding hydrogens is 374 g/mol. The van der Waals surface area contributed by atoms with E-state index in [1.54, 1.807) is 23.0 Å². The Morgan fingerprint density at radius 1 is 1.36 bits per heavy atom. The van der Waals surface area contributed by atoms with Crippen LogP contribution in [0.4, 0.5) is 0 Å². The highest BCUT2D eigenvalue weighted by Crippen LogP contribution is 2.43. The largest absolute Gasteiger partial charge is 0.383 e. The molecule has 3 aromatic heterocycles. The van der Waals surface area contributed by atoms with Crippen LogP contribution in [0, 0.1) is 18.3 Å². The lowest BCUT2D eigenvalue weighted by molar-refractivity contribution is 0.0927. The van der Waals surface area contributed by atoms with Gasteiger partial charge in [0, 0.05) is 18.5 Å². The van der Waals surface area contributed by atoms with Gasteiger partial charge in [0.1, 0.15) is 10.7 Å². The van der Waals surface area contributed by atoms with Crippen molar-refractivity contribution in [2.45, 2.75) is 47.0 Å². The number of aromatic nitrogens is 4. The molecule has 0 spiro atoms. The summed E-state index contributed by atoms with van der Waals surface area (Å²) in [5.74, 6) is 1.31. The molecule has 1 aliphatic carbocycles. The molecule has 0 bridgehead atoms. The Kier molecular flexibility index (Phi) is 4.87. The van der Waals surface area contributed by atoms with Crippen LogP contribution in [-0.2, 0) is 17.6 Å². The van der Waals surface area contributed by atoms with E-state index in [1.165, 1.54) is 16.9 Å². The molecule has 0 saturated heterocycles. The molecule has 0 unspecified atom stereocenters. The van der Waals surface area contributed by atoms with Crippen LogP contribution in [0.1, 0.15) is 54.1 Å². The van der Waals surface area contributed by atoms with Gasteiger partial charge in [-0.1, -0.05) is 20.8 Å². The average molecular weight is 402 g/mol. The average Bonchev–Trinajstić information content (AvgIpc) is 3.21. The summed E-state index contributed by atoms with van der Waals surface area (Å²) >= 11 is 1.77. The zero-order valence-corrected chi connectivity index (χ0v) is 17.9. The van der Waals surface area contributed by atoms with Crippen LogP contribution < -0.4 is 5.32 Å². The maximum Gasteiger partial charge on any atom is 0.291 e. The van der Waals surface area contributed by atoms with Crippen molar-refractivity contribution in [1.29, 1.82) is 0 Å². The number of hydrogen-bond acceptors (Lipinski definition) is 6. The van der Waals surface area contributed by atoms with Crippen LogP contribution in [0.25, 0.3) is 15.9 Å². The van der Waals surface area contributed by atoms with E-state index >= 15 is 0 Å². The van der Waals surface area contributed by atoms with Gasteiger partial charge in [-0.2, -0.15) is 4.52 Å². The van der Waals surface area contributed by atoms with E-state index < -0.39 is 0 Å². The van der Waals surface area contributed by atoms with Crippen molar-refractivity contribution in [3.8, 4) is 0 Å². The summed E-state index contributed by atoms with van der Waals surface area (Å²) in [4.78, 5) is 24.2. The van der Waals surface area contributed by atoms with Gasteiger partial charge in [-0.25, -0.2) is 9.97 Å². The van der Waals surface area contributed by atoms with Crippen molar-refractivity contribution in [1.82, 2.24) is 24.9 Å². The fourth-order valence-corrected chi connectivity index (χ4v) is 5.30. The molecule has 0 aromatic carbocycles. The highest BCUT2D eigenvalue weighted by Gasteiger charge is 2.32. The van der Waals surface area contributed by atoms with Crippen LogP contribution in [0.2, 0.25) is 0 Å². The van der Waals surface area contributed by atoms with Crippen LogP contribution in [-0.4, -0.2) is 45.8 Å². The number of nitrogens with zero attached hydrogens (tertiary/aromatic N) is 4. The first-order chi connectivity index (χ1) is 13.3. The van der Waals surface area contributed by atoms with Gasteiger partial charge in [-0.15, -0.1) is 16.4 Å². The smallest absolute Gasteiger partial charge is 0.291 e. The number of carbonyl (C=O) groups excluding carboxylic acids is 1. The number of carbonyl (C=O) groups is 1. The summed E-state index contributed by atoms with van der Waals surface area (Å²) in [6.07, 6.45) is 3.28. The molecular formula is C20H27N5O2S. The van der Waals surface area contributed by atoms with Crippen molar-refractivity contribution in [2.75, 3.05) is 20.3 Å². The molecule has 7 nitrogen and oxygen atoms in total. The molecule has 8 heteroatoms. The third kappa shape index (κ3) is 3.28. The Morgan fingerprint density at radius 2 is 2.14 bits per heavy atom. The molecule has 0 saturated carbocycles. The molecule has 0 fully saturated rings. The van der Waals surface area contributed by atoms with Gasteiger partial charge in [0.25, 0.3) is 5.91 Å². The van der Waals surface area contributed by atoms with Gasteiger partial charge < -0.3 is 10.1 Å². The normalized spacial score (nSPS) is 17.2. The first-order valence-electron chi connectivity index (χ1n) is 9.74. The Hall–Kier alpha value is -2.06. The third-order valence-corrected chi connectivity index (χ3v) is 6.82. The summed E-state index contributed by atoms with van der Waals surface area (Å²) in [6, 6.07) is 0. The fourth-order valence-electron chi connectivity index (χ4n) is 3.96. The third-order valence-electron chi connectivity index (χ3n) is 5.67. The first-order valence-corrected chi connectivity index (χ1v) is 10.6. The second-order valence-corrected chi connectivity index (χ2v) is 9.65. The molecule has 1 amide bonds. The Balaban J connectivity index is 1.77. The van der Waals surface area contributed by atoms with Gasteiger partial charge in [0.05, 0.1) is 12.0 Å². The lowest BCUT2D eigenvalue weighted by atomic mass is 9.72.